The average Bonchev–Trinajstić information content (AvgIpc) is 2.41. The molecule has 1 unspecified atom stereocenters. The van der Waals surface area contributed by atoms with Crippen molar-refractivity contribution in [1.29, 1.82) is 0 Å². The summed E-state index contributed by atoms with van der Waals surface area (Å²) < 4.78 is 36.0. The zero-order valence-electron chi connectivity index (χ0n) is 10.9. The second-order valence-corrected chi connectivity index (χ2v) is 3.82. The van der Waals surface area contributed by atoms with E-state index in [9.17, 15) is 13.6 Å². The normalized spacial score (nSPS) is 12.0. The molecule has 6 heteroatoms. The van der Waals surface area contributed by atoms with Gasteiger partial charge in [0.1, 0.15) is 6.04 Å². The monoisotopic (exact) mass is 273 g/mol. The number of halogens is 2. The quantitative estimate of drug-likeness (QED) is 0.771. The fourth-order valence-electron chi connectivity index (χ4n) is 1.57. The number of hydrogen-bond donors (Lipinski definition) is 1. The van der Waals surface area contributed by atoms with Crippen LogP contribution in [-0.2, 0) is 9.53 Å². The van der Waals surface area contributed by atoms with Crippen LogP contribution in [0.15, 0.2) is 18.2 Å². The molecule has 0 heterocycles. The number of benzene rings is 1. The standard InChI is InChI=1S/C13H17F2NO3/c1-3-16-10(13(17)18-2)7-8-19-11-6-4-5-9(14)12(11)15/h4-6,10,16H,3,7-8H2,1-2H3. The van der Waals surface area contributed by atoms with E-state index in [0.29, 0.717) is 13.0 Å². The summed E-state index contributed by atoms with van der Waals surface area (Å²) in [6, 6.07) is 3.18. The molecule has 0 bridgehead atoms. The molecule has 0 aliphatic rings. The highest BCUT2D eigenvalue weighted by Crippen LogP contribution is 2.19. The number of rotatable bonds is 7. The van der Waals surface area contributed by atoms with E-state index >= 15 is 0 Å². The van der Waals surface area contributed by atoms with Crippen LogP contribution in [0.1, 0.15) is 13.3 Å². The van der Waals surface area contributed by atoms with Gasteiger partial charge >= 0.3 is 5.97 Å². The summed E-state index contributed by atoms with van der Waals surface area (Å²) in [4.78, 5) is 11.4. The van der Waals surface area contributed by atoms with Crippen LogP contribution in [0.2, 0.25) is 0 Å². The minimum Gasteiger partial charge on any atom is -0.490 e. The Hall–Kier alpha value is -1.69. The van der Waals surface area contributed by atoms with Gasteiger partial charge in [0.25, 0.3) is 0 Å². The van der Waals surface area contributed by atoms with Crippen LogP contribution in [0.5, 0.6) is 5.75 Å². The van der Waals surface area contributed by atoms with Crippen LogP contribution in [0, 0.1) is 11.6 Å². The number of carbonyl (C=O) groups excluding carboxylic acids is 1. The lowest BCUT2D eigenvalue weighted by molar-refractivity contribution is -0.143. The lowest BCUT2D eigenvalue weighted by atomic mass is 10.2. The van der Waals surface area contributed by atoms with Gasteiger partial charge < -0.3 is 14.8 Å². The van der Waals surface area contributed by atoms with Crippen molar-refractivity contribution in [3.63, 3.8) is 0 Å². The molecule has 0 saturated heterocycles. The smallest absolute Gasteiger partial charge is 0.322 e. The maximum atomic E-state index is 13.3. The third-order valence-corrected chi connectivity index (χ3v) is 2.52. The minimum absolute atomic E-state index is 0.0765. The van der Waals surface area contributed by atoms with E-state index in [0.717, 1.165) is 6.07 Å². The topological polar surface area (TPSA) is 47.6 Å². The summed E-state index contributed by atoms with van der Waals surface area (Å²) in [6.07, 6.45) is 0.302. The van der Waals surface area contributed by atoms with Gasteiger partial charge in [-0.1, -0.05) is 13.0 Å². The molecule has 0 saturated carbocycles. The summed E-state index contributed by atoms with van der Waals surface area (Å²) >= 11 is 0. The Labute approximate surface area is 110 Å². The van der Waals surface area contributed by atoms with E-state index in [1.807, 2.05) is 6.92 Å². The molecule has 0 fully saturated rings. The summed E-state index contributed by atoms with van der Waals surface area (Å²) in [7, 11) is 1.29. The van der Waals surface area contributed by atoms with Crippen LogP contribution in [0.3, 0.4) is 0 Å². The molecule has 1 aromatic carbocycles. The molecule has 4 nitrogen and oxygen atoms in total. The second kappa shape index (κ2) is 7.68. The molecular formula is C13H17F2NO3. The first kappa shape index (κ1) is 15.4. The fraction of sp³-hybridized carbons (Fsp3) is 0.462. The summed E-state index contributed by atoms with van der Waals surface area (Å²) in [5, 5.41) is 2.92. The van der Waals surface area contributed by atoms with Gasteiger partial charge in [-0.3, -0.25) is 4.79 Å². The van der Waals surface area contributed by atoms with E-state index in [4.69, 9.17) is 4.74 Å². The molecule has 1 rings (SSSR count). The highest BCUT2D eigenvalue weighted by Gasteiger charge is 2.18. The molecule has 106 valence electrons. The Balaban J connectivity index is 2.52. The maximum Gasteiger partial charge on any atom is 0.322 e. The largest absolute Gasteiger partial charge is 0.490 e. The minimum atomic E-state index is -1.03. The van der Waals surface area contributed by atoms with E-state index in [1.54, 1.807) is 0 Å². The Morgan fingerprint density at radius 3 is 2.79 bits per heavy atom. The lowest BCUT2D eigenvalue weighted by Gasteiger charge is -2.15. The van der Waals surface area contributed by atoms with Gasteiger partial charge in [-0.05, 0) is 18.7 Å². The Morgan fingerprint density at radius 1 is 1.42 bits per heavy atom. The van der Waals surface area contributed by atoms with Crippen LogP contribution in [0.25, 0.3) is 0 Å². The first-order chi connectivity index (χ1) is 9.10. The number of methoxy groups -OCH3 is 1. The van der Waals surface area contributed by atoms with Gasteiger partial charge in [-0.15, -0.1) is 0 Å². The van der Waals surface area contributed by atoms with E-state index in [1.165, 1.54) is 19.2 Å². The summed E-state index contributed by atoms with van der Waals surface area (Å²) in [6.45, 7) is 2.52. The molecule has 1 aromatic rings. The number of likely N-dealkylation sites (N-methyl/N-ethyl adjacent to an activating group) is 1. The highest BCUT2D eigenvalue weighted by atomic mass is 19.2. The van der Waals surface area contributed by atoms with Crippen molar-refractivity contribution in [3.8, 4) is 5.75 Å². The number of carbonyl (C=O) groups is 1. The van der Waals surface area contributed by atoms with Crippen LogP contribution >= 0.6 is 0 Å². The van der Waals surface area contributed by atoms with Gasteiger partial charge in [0.2, 0.25) is 5.82 Å². The molecule has 0 spiro atoms. The zero-order valence-corrected chi connectivity index (χ0v) is 10.9. The SMILES string of the molecule is CCNC(CCOc1cccc(F)c1F)C(=O)OC. The van der Waals surface area contributed by atoms with E-state index < -0.39 is 23.6 Å². The van der Waals surface area contributed by atoms with Crippen LogP contribution in [0.4, 0.5) is 8.78 Å². The predicted molar refractivity (Wildman–Crippen MR) is 66.0 cm³/mol. The molecule has 0 aliphatic carbocycles. The summed E-state index contributed by atoms with van der Waals surface area (Å²) in [5.41, 5.74) is 0. The molecule has 19 heavy (non-hydrogen) atoms. The molecule has 0 aliphatic heterocycles. The zero-order chi connectivity index (χ0) is 14.3. The van der Waals surface area contributed by atoms with Gasteiger partial charge in [-0.25, -0.2) is 4.39 Å². The Bertz CT molecular complexity index is 426. The summed E-state index contributed by atoms with van der Waals surface area (Å²) in [5.74, 6) is -2.57. The van der Waals surface area contributed by atoms with Crippen molar-refractivity contribution in [2.24, 2.45) is 0 Å². The van der Waals surface area contributed by atoms with Gasteiger partial charge in [0.05, 0.1) is 13.7 Å². The lowest BCUT2D eigenvalue weighted by Crippen LogP contribution is -2.38. The number of hydrogen-bond acceptors (Lipinski definition) is 4. The van der Waals surface area contributed by atoms with Gasteiger partial charge in [0.15, 0.2) is 11.6 Å². The number of ether oxygens (including phenoxy) is 2. The Kier molecular flexibility index (Phi) is 6.21. The van der Waals surface area contributed by atoms with Gasteiger partial charge in [-0.2, -0.15) is 4.39 Å². The van der Waals surface area contributed by atoms with Crippen molar-refractivity contribution in [3.05, 3.63) is 29.8 Å². The van der Waals surface area contributed by atoms with Crippen molar-refractivity contribution in [2.45, 2.75) is 19.4 Å². The van der Waals surface area contributed by atoms with E-state index in [2.05, 4.69) is 10.1 Å². The molecule has 0 radical (unpaired) electrons. The Morgan fingerprint density at radius 2 is 2.16 bits per heavy atom. The molecular weight excluding hydrogens is 256 g/mol. The molecule has 0 aromatic heterocycles. The van der Waals surface area contributed by atoms with E-state index in [-0.39, 0.29) is 12.4 Å². The number of esters is 1. The number of nitrogens with one attached hydrogen (secondary N) is 1. The van der Waals surface area contributed by atoms with Gasteiger partial charge in [0, 0.05) is 6.42 Å². The van der Waals surface area contributed by atoms with Crippen molar-refractivity contribution in [1.82, 2.24) is 5.32 Å². The van der Waals surface area contributed by atoms with Crippen molar-refractivity contribution >= 4 is 5.97 Å². The first-order valence-corrected chi connectivity index (χ1v) is 5.98. The molecule has 1 N–H and O–H groups in total. The molecule has 0 amide bonds. The fourth-order valence-corrected chi connectivity index (χ4v) is 1.57. The average molecular weight is 273 g/mol. The highest BCUT2D eigenvalue weighted by molar-refractivity contribution is 5.75. The van der Waals surface area contributed by atoms with Crippen molar-refractivity contribution in [2.75, 3.05) is 20.3 Å². The maximum absolute atomic E-state index is 13.3. The second-order valence-electron chi connectivity index (χ2n) is 3.82. The predicted octanol–water partition coefficient (Wildman–Crippen LogP) is 1.88. The van der Waals surface area contributed by atoms with Crippen LogP contribution in [-0.4, -0.2) is 32.3 Å². The van der Waals surface area contributed by atoms with Crippen LogP contribution < -0.4 is 10.1 Å². The third-order valence-electron chi connectivity index (χ3n) is 2.52. The first-order valence-electron chi connectivity index (χ1n) is 5.98. The van der Waals surface area contributed by atoms with Crippen molar-refractivity contribution < 1.29 is 23.0 Å². The molecule has 1 atom stereocenters. The third kappa shape index (κ3) is 4.48.